The van der Waals surface area contributed by atoms with Gasteiger partial charge in [0, 0.05) is 17.5 Å². The molecule has 2 aliphatic rings. The van der Waals surface area contributed by atoms with E-state index in [1.54, 1.807) is 22.0 Å². The molecule has 5 nitrogen and oxygen atoms in total. The van der Waals surface area contributed by atoms with E-state index >= 15 is 0 Å². The Morgan fingerprint density at radius 2 is 2.10 bits per heavy atom. The third-order valence-corrected chi connectivity index (χ3v) is 8.30. The van der Waals surface area contributed by atoms with Crippen molar-refractivity contribution in [3.63, 3.8) is 0 Å². The second-order valence-electron chi connectivity index (χ2n) is 8.21. The molecule has 0 unspecified atom stereocenters. The van der Waals surface area contributed by atoms with Gasteiger partial charge in [-0.15, -0.1) is 17.9 Å². The van der Waals surface area contributed by atoms with Crippen molar-refractivity contribution < 1.29 is 4.79 Å². The second-order valence-corrected chi connectivity index (χ2v) is 10.2. The van der Waals surface area contributed by atoms with E-state index in [-0.39, 0.29) is 23.3 Å². The number of amides is 1. The number of thioether (sulfide) groups is 1. The molecular formula is C22H29N3O2S2. The van der Waals surface area contributed by atoms with Crippen molar-refractivity contribution in [3.8, 4) is 0 Å². The van der Waals surface area contributed by atoms with Crippen molar-refractivity contribution in [2.45, 2.75) is 76.0 Å². The van der Waals surface area contributed by atoms with Crippen LogP contribution in [0.3, 0.4) is 0 Å². The summed E-state index contributed by atoms with van der Waals surface area (Å²) in [7, 11) is 0. The molecule has 7 heteroatoms. The van der Waals surface area contributed by atoms with Crippen LogP contribution in [-0.4, -0.2) is 27.3 Å². The van der Waals surface area contributed by atoms with Crippen molar-refractivity contribution in [3.05, 3.63) is 33.4 Å². The molecule has 0 spiro atoms. The van der Waals surface area contributed by atoms with Gasteiger partial charge in [0.25, 0.3) is 5.56 Å². The molecule has 0 aromatic carbocycles. The topological polar surface area (TPSA) is 64.0 Å². The highest BCUT2D eigenvalue weighted by molar-refractivity contribution is 7.99. The fourth-order valence-electron chi connectivity index (χ4n) is 4.53. The largest absolute Gasteiger partial charge is 0.352 e. The molecule has 0 saturated heterocycles. The van der Waals surface area contributed by atoms with E-state index in [0.717, 1.165) is 35.9 Å². The van der Waals surface area contributed by atoms with Crippen LogP contribution in [0, 0.1) is 5.92 Å². The zero-order valence-corrected chi connectivity index (χ0v) is 18.7. The Morgan fingerprint density at radius 1 is 1.31 bits per heavy atom. The highest BCUT2D eigenvalue weighted by atomic mass is 32.2. The van der Waals surface area contributed by atoms with Gasteiger partial charge in [-0.05, 0) is 50.0 Å². The lowest BCUT2D eigenvalue weighted by Gasteiger charge is -2.29. The minimum Gasteiger partial charge on any atom is -0.352 e. The summed E-state index contributed by atoms with van der Waals surface area (Å²) in [6.45, 7) is 6.43. The molecule has 1 amide bonds. The Bertz CT molecular complexity index is 979. The molecule has 0 radical (unpaired) electrons. The number of aryl methyl sites for hydroxylation is 2. The molecule has 156 valence electrons. The second kappa shape index (κ2) is 9.04. The van der Waals surface area contributed by atoms with Crippen molar-refractivity contribution in [2.24, 2.45) is 5.92 Å². The van der Waals surface area contributed by atoms with Gasteiger partial charge < -0.3 is 5.32 Å². The van der Waals surface area contributed by atoms with E-state index in [0.29, 0.717) is 17.6 Å². The molecule has 2 aliphatic carbocycles. The van der Waals surface area contributed by atoms with Crippen LogP contribution in [0.1, 0.15) is 55.9 Å². The summed E-state index contributed by atoms with van der Waals surface area (Å²) < 4.78 is 1.68. The summed E-state index contributed by atoms with van der Waals surface area (Å²) in [6, 6.07) is 0.270. The van der Waals surface area contributed by atoms with Crippen molar-refractivity contribution >= 4 is 39.2 Å². The fourth-order valence-corrected chi connectivity index (χ4v) is 6.65. The van der Waals surface area contributed by atoms with Crippen LogP contribution < -0.4 is 10.9 Å². The fraction of sp³-hybridized carbons (Fsp3) is 0.591. The number of nitrogens with zero attached hydrogens (tertiary/aromatic N) is 2. The summed E-state index contributed by atoms with van der Waals surface area (Å²) in [5, 5.41) is 4.60. The lowest BCUT2D eigenvalue weighted by molar-refractivity contribution is -0.119. The maximum atomic E-state index is 13.2. The molecular weight excluding hydrogens is 402 g/mol. The lowest BCUT2D eigenvalue weighted by atomic mass is 9.86. The predicted molar refractivity (Wildman–Crippen MR) is 121 cm³/mol. The number of carbonyl (C=O) groups excluding carboxylic acids is 1. The van der Waals surface area contributed by atoms with Crippen LogP contribution in [0.5, 0.6) is 0 Å². The Labute approximate surface area is 180 Å². The van der Waals surface area contributed by atoms with Gasteiger partial charge >= 0.3 is 0 Å². The first-order valence-corrected chi connectivity index (χ1v) is 12.5. The van der Waals surface area contributed by atoms with Gasteiger partial charge in [0.05, 0.1) is 11.1 Å². The third kappa shape index (κ3) is 4.31. The third-order valence-electron chi connectivity index (χ3n) is 6.14. The summed E-state index contributed by atoms with van der Waals surface area (Å²) >= 11 is 3.01. The highest BCUT2D eigenvalue weighted by Gasteiger charge is 2.24. The summed E-state index contributed by atoms with van der Waals surface area (Å²) in [4.78, 5) is 32.7. The predicted octanol–water partition coefficient (Wildman–Crippen LogP) is 4.31. The molecule has 2 atom stereocenters. The van der Waals surface area contributed by atoms with Crippen molar-refractivity contribution in [1.82, 2.24) is 14.9 Å². The lowest BCUT2D eigenvalue weighted by Crippen LogP contribution is -2.41. The molecule has 2 aromatic heterocycles. The SMILES string of the molecule is C=CCn1c(SCC(=O)N[C@@H]2CCCC[C@H]2C)nc2sc3c(c2c1=O)CCCC3. The standard InChI is InChI=1S/C22H29N3O2S2/c1-3-12-25-21(27)19-15-9-5-7-11-17(15)29-20(19)24-22(25)28-13-18(26)23-16-10-6-4-8-14(16)2/h3,14,16H,1,4-13H2,2H3,(H,23,26)/t14-,16-/m1/s1. The quantitative estimate of drug-likeness (QED) is 0.421. The van der Waals surface area contributed by atoms with E-state index in [1.807, 2.05) is 0 Å². The van der Waals surface area contributed by atoms with Crippen LogP contribution in [0.15, 0.2) is 22.6 Å². The minimum absolute atomic E-state index is 0.0121. The van der Waals surface area contributed by atoms with E-state index in [4.69, 9.17) is 4.98 Å². The maximum Gasteiger partial charge on any atom is 0.263 e. The highest BCUT2D eigenvalue weighted by Crippen LogP contribution is 2.34. The van der Waals surface area contributed by atoms with E-state index < -0.39 is 0 Å². The number of fused-ring (bicyclic) bond motifs is 3. The summed E-state index contributed by atoms with van der Waals surface area (Å²) in [5.41, 5.74) is 1.21. The van der Waals surface area contributed by atoms with Crippen molar-refractivity contribution in [1.29, 1.82) is 0 Å². The number of rotatable bonds is 6. The van der Waals surface area contributed by atoms with E-state index in [9.17, 15) is 9.59 Å². The van der Waals surface area contributed by atoms with E-state index in [2.05, 4.69) is 18.8 Å². The first-order valence-electron chi connectivity index (χ1n) is 10.7. The minimum atomic E-state index is 0.0121. The average Bonchev–Trinajstić information content (AvgIpc) is 3.09. The van der Waals surface area contributed by atoms with Gasteiger partial charge in [0.15, 0.2) is 5.16 Å². The molecule has 1 N–H and O–H groups in total. The Balaban J connectivity index is 1.56. The molecule has 4 rings (SSSR count). The monoisotopic (exact) mass is 431 g/mol. The van der Waals surface area contributed by atoms with Gasteiger partial charge in [-0.3, -0.25) is 14.2 Å². The molecule has 29 heavy (non-hydrogen) atoms. The number of aromatic nitrogens is 2. The van der Waals surface area contributed by atoms with Gasteiger partial charge in [0.1, 0.15) is 4.83 Å². The van der Waals surface area contributed by atoms with Gasteiger partial charge in [0.2, 0.25) is 5.91 Å². The zero-order chi connectivity index (χ0) is 20.4. The van der Waals surface area contributed by atoms with Crippen LogP contribution >= 0.6 is 23.1 Å². The smallest absolute Gasteiger partial charge is 0.263 e. The van der Waals surface area contributed by atoms with E-state index in [1.165, 1.54) is 47.9 Å². The first-order chi connectivity index (χ1) is 14.1. The van der Waals surface area contributed by atoms with Crippen LogP contribution in [0.25, 0.3) is 10.2 Å². The molecule has 0 aliphatic heterocycles. The maximum absolute atomic E-state index is 13.2. The van der Waals surface area contributed by atoms with Gasteiger partial charge in [-0.1, -0.05) is 37.6 Å². The number of carbonyl (C=O) groups is 1. The van der Waals surface area contributed by atoms with Crippen molar-refractivity contribution in [2.75, 3.05) is 5.75 Å². The van der Waals surface area contributed by atoms with Gasteiger partial charge in [-0.2, -0.15) is 0 Å². The number of hydrogen-bond donors (Lipinski definition) is 1. The van der Waals surface area contributed by atoms with Crippen LogP contribution in [0.4, 0.5) is 0 Å². The summed E-state index contributed by atoms with van der Waals surface area (Å²) in [5.74, 6) is 0.839. The molecule has 1 fully saturated rings. The normalized spacial score (nSPS) is 21.7. The molecule has 1 saturated carbocycles. The number of allylic oxidation sites excluding steroid dienone is 1. The van der Waals surface area contributed by atoms with Crippen LogP contribution in [-0.2, 0) is 24.2 Å². The molecule has 2 aromatic rings. The Morgan fingerprint density at radius 3 is 2.90 bits per heavy atom. The number of hydrogen-bond acceptors (Lipinski definition) is 5. The number of thiophene rings is 1. The molecule has 2 heterocycles. The number of nitrogens with one attached hydrogen (secondary N) is 1. The van der Waals surface area contributed by atoms with Gasteiger partial charge in [-0.25, -0.2) is 4.98 Å². The first kappa shape index (κ1) is 20.7. The summed E-state index contributed by atoms with van der Waals surface area (Å²) in [6.07, 6.45) is 10.7. The average molecular weight is 432 g/mol. The zero-order valence-electron chi connectivity index (χ0n) is 17.0. The van der Waals surface area contributed by atoms with Crippen LogP contribution in [0.2, 0.25) is 0 Å². The molecule has 0 bridgehead atoms. The Kier molecular flexibility index (Phi) is 6.44. The Hall–Kier alpha value is -1.60.